The quantitative estimate of drug-likeness (QED) is 0.151. The summed E-state index contributed by atoms with van der Waals surface area (Å²) in [7, 11) is -1.17. The molecule has 0 N–H and O–H groups in total. The van der Waals surface area contributed by atoms with Gasteiger partial charge >= 0.3 is 0 Å². The van der Waals surface area contributed by atoms with Crippen molar-refractivity contribution in [1.29, 1.82) is 0 Å². The Morgan fingerprint density at radius 3 is 1.01 bits per heavy atom. The van der Waals surface area contributed by atoms with Crippen LogP contribution in [0.2, 0.25) is 19.6 Å². The number of hydrogen-bond donors (Lipinski definition) is 0. The third-order valence-corrected chi connectivity index (χ3v) is 20.2. The van der Waals surface area contributed by atoms with Crippen molar-refractivity contribution in [3.05, 3.63) is 204 Å². The average Bonchev–Trinajstić information content (AvgIpc) is 2.20. The number of rotatable bonds is 5. The van der Waals surface area contributed by atoms with Gasteiger partial charge in [0.05, 0.1) is 8.07 Å². The molecule has 0 amide bonds. The maximum atomic E-state index is 2.46. The number of hydrogen-bond acceptors (Lipinski definition) is 0. The summed E-state index contributed by atoms with van der Waals surface area (Å²) in [5.74, 6) is 0.835. The Labute approximate surface area is 536 Å². The molecule has 0 aliphatic heterocycles. The summed E-state index contributed by atoms with van der Waals surface area (Å²) in [5, 5.41) is 1.57. The normalized spacial score (nSPS) is 13.6. The van der Waals surface area contributed by atoms with Gasteiger partial charge in [0, 0.05) is 0 Å². The van der Waals surface area contributed by atoms with Crippen molar-refractivity contribution < 1.29 is 0 Å². The largest absolute Gasteiger partial charge is 0.0776 e. The minimum atomic E-state index is -1.17. The van der Waals surface area contributed by atoms with Crippen molar-refractivity contribution in [3.63, 3.8) is 0 Å². The lowest BCUT2D eigenvalue weighted by Crippen LogP contribution is -2.38. The van der Waals surface area contributed by atoms with E-state index in [1.54, 1.807) is 10.8 Å². The summed E-state index contributed by atoms with van der Waals surface area (Å²) in [4.78, 5) is 0. The Balaban J connectivity index is 0.000000354. The fraction of sp³-hybridized carbons (Fsp3) is 0.576. The molecule has 0 heterocycles. The van der Waals surface area contributed by atoms with Gasteiger partial charge in [0.25, 0.3) is 0 Å². The molecule has 0 unspecified atom stereocenters. The molecule has 0 atom stereocenters. The zero-order chi connectivity index (χ0) is 66.6. The van der Waals surface area contributed by atoms with E-state index in [9.17, 15) is 0 Å². The lowest BCUT2D eigenvalue weighted by Gasteiger charge is -2.30. The van der Waals surface area contributed by atoms with Crippen LogP contribution in [0.3, 0.4) is 0 Å². The Kier molecular flexibility index (Phi) is 27.8. The summed E-state index contributed by atoms with van der Waals surface area (Å²) in [6, 6.07) is 43.3. The fourth-order valence-corrected chi connectivity index (χ4v) is 13.3. The Morgan fingerprint density at radius 1 is 0.326 bits per heavy atom. The van der Waals surface area contributed by atoms with E-state index in [0.717, 1.165) is 5.92 Å². The van der Waals surface area contributed by atoms with E-state index in [2.05, 4.69) is 350 Å². The highest BCUT2D eigenvalue weighted by Gasteiger charge is 2.27. The van der Waals surface area contributed by atoms with Crippen LogP contribution >= 0.6 is 0 Å². The van der Waals surface area contributed by atoms with Crippen LogP contribution in [0.1, 0.15) is 300 Å². The van der Waals surface area contributed by atoms with E-state index in [4.69, 9.17) is 0 Å². The van der Waals surface area contributed by atoms with Crippen LogP contribution in [0.5, 0.6) is 0 Å². The summed E-state index contributed by atoms with van der Waals surface area (Å²) in [6.45, 7) is 77.4. The Morgan fingerprint density at radius 2 is 0.651 bits per heavy atom. The molecule has 0 nitrogen and oxygen atoms in total. The highest BCUT2D eigenvalue weighted by atomic mass is 28.3. The van der Waals surface area contributed by atoms with E-state index >= 15 is 0 Å². The van der Waals surface area contributed by atoms with Gasteiger partial charge in [-0.25, -0.2) is 0 Å². The van der Waals surface area contributed by atoms with Crippen molar-refractivity contribution in [3.8, 4) is 0 Å². The molecule has 0 radical (unpaired) electrons. The van der Waals surface area contributed by atoms with Gasteiger partial charge in [-0.2, -0.15) is 0 Å². The second kappa shape index (κ2) is 30.8. The van der Waals surface area contributed by atoms with Crippen molar-refractivity contribution in [1.82, 2.24) is 0 Å². The van der Waals surface area contributed by atoms with Crippen LogP contribution in [0.4, 0.5) is 0 Å². The van der Waals surface area contributed by atoms with Crippen LogP contribution in [-0.4, -0.2) is 8.07 Å². The highest BCUT2D eigenvalue weighted by Crippen LogP contribution is 2.38. The van der Waals surface area contributed by atoms with Crippen molar-refractivity contribution in [2.24, 2.45) is 0 Å². The second-order valence-electron chi connectivity index (χ2n) is 34.5. The van der Waals surface area contributed by atoms with Gasteiger partial charge in [-0.1, -0.05) is 325 Å². The van der Waals surface area contributed by atoms with Gasteiger partial charge in [0.1, 0.15) is 0 Å². The van der Waals surface area contributed by atoms with Crippen LogP contribution in [0, 0.1) is 48.5 Å². The third-order valence-electron chi connectivity index (χ3n) is 18.2. The minimum Gasteiger partial charge on any atom is -0.0656 e. The molecule has 1 heteroatoms. The standard InChI is InChI=1S/C17H28.C16H24.C15H24.C14H24Si.C12H18.C11H16/c1-8-17(7,9-2)14-11-10-13(3)15(12-14)16(4,5)6;1-12-9-10-14(13-7-5-6-8-13)11-15(12)16(2,3)4;1-11-8-9-12(14(2,3)4)10-13(11)15(5,6)7;1-11-8-9-12(15(5,6)7)10-13(11)14(2,3)4;1-9-6-7-10(2)11(8-9)12(3,4)5;1-9-7-5-6-8-10(9)11(2,3)4/h10-12H,8-9H2,1-7H3;9-11,13H,5-8H2,1-4H3;2*8-10H,1-7H3;6-8H,1-5H3;5-8H,1-4H3. The molecular weight excluding hydrogens is 1050 g/mol. The van der Waals surface area contributed by atoms with Crippen molar-refractivity contribution in [2.45, 2.75) is 322 Å². The molecule has 1 fully saturated rings. The molecule has 6 aromatic rings. The molecule has 86 heavy (non-hydrogen) atoms. The number of aryl methyl sites for hydroxylation is 7. The lowest BCUT2D eigenvalue weighted by atomic mass is 9.74. The molecule has 0 aromatic heterocycles. The predicted octanol–water partition coefficient (Wildman–Crippen LogP) is 25.6. The highest BCUT2D eigenvalue weighted by molar-refractivity contribution is 6.88. The van der Waals surface area contributed by atoms with Crippen LogP contribution < -0.4 is 5.19 Å². The van der Waals surface area contributed by atoms with Crippen LogP contribution in [0.25, 0.3) is 0 Å². The van der Waals surface area contributed by atoms with Gasteiger partial charge < -0.3 is 0 Å². The van der Waals surface area contributed by atoms with E-state index in [1.165, 1.54) is 122 Å². The molecule has 7 rings (SSSR count). The van der Waals surface area contributed by atoms with Gasteiger partial charge in [-0.3, -0.25) is 0 Å². The van der Waals surface area contributed by atoms with Gasteiger partial charge in [0.2, 0.25) is 0 Å². The molecule has 1 aliphatic carbocycles. The summed E-state index contributed by atoms with van der Waals surface area (Å²) >= 11 is 0. The molecular formula is C85H134Si. The second-order valence-corrected chi connectivity index (χ2v) is 39.6. The van der Waals surface area contributed by atoms with Crippen molar-refractivity contribution in [2.75, 3.05) is 0 Å². The monoisotopic (exact) mass is 1180 g/mol. The van der Waals surface area contributed by atoms with Crippen LogP contribution in [0.15, 0.2) is 115 Å². The van der Waals surface area contributed by atoms with Crippen LogP contribution in [-0.2, 0) is 43.3 Å². The van der Waals surface area contributed by atoms with E-state index in [1.807, 2.05) is 0 Å². The van der Waals surface area contributed by atoms with Gasteiger partial charge in [-0.15, -0.1) is 0 Å². The number of benzene rings is 6. The Bertz CT molecular complexity index is 2950. The van der Waals surface area contributed by atoms with Crippen molar-refractivity contribution >= 4 is 13.3 Å². The summed E-state index contributed by atoms with van der Waals surface area (Å²) in [6.07, 6.45) is 8.04. The summed E-state index contributed by atoms with van der Waals surface area (Å²) in [5.41, 5.74) is 25.3. The smallest absolute Gasteiger partial charge is 0.0656 e. The van der Waals surface area contributed by atoms with E-state index in [0.29, 0.717) is 5.41 Å². The molecule has 1 saturated carbocycles. The van der Waals surface area contributed by atoms with Gasteiger partial charge in [-0.05, 0) is 207 Å². The topological polar surface area (TPSA) is 0 Å². The SMILES string of the molecule is CCC(C)(CC)c1ccc(C)c(C(C)(C)C)c1.Cc1ccc(C(C)(C)C)cc1C(C)(C)C.Cc1ccc(C)c(C(C)(C)C)c1.Cc1ccc(C2CCCC2)cc1C(C)(C)C.Cc1ccc([Si](C)(C)C)cc1C(C)(C)C.Cc1ccccc1C(C)(C)C. The maximum absolute atomic E-state index is 2.46. The maximum Gasteiger partial charge on any atom is 0.0776 e. The third kappa shape index (κ3) is 24.1. The van der Waals surface area contributed by atoms with Gasteiger partial charge in [0.15, 0.2) is 0 Å². The first-order valence-corrected chi connectivity index (χ1v) is 37.0. The molecule has 1 aliphatic rings. The predicted molar refractivity (Wildman–Crippen MR) is 395 cm³/mol. The average molecular weight is 1180 g/mol. The first-order chi connectivity index (χ1) is 38.9. The molecule has 0 spiro atoms. The first-order valence-electron chi connectivity index (χ1n) is 33.5. The molecule has 6 aromatic carbocycles. The lowest BCUT2D eigenvalue weighted by molar-refractivity contribution is 0.437. The molecule has 478 valence electrons. The fourth-order valence-electron chi connectivity index (χ4n) is 12.2. The molecule has 0 bridgehead atoms. The zero-order valence-electron chi connectivity index (χ0n) is 62.8. The first kappa shape index (κ1) is 77.6. The Hall–Kier alpha value is -4.46. The minimum absolute atomic E-state index is 0.239. The van der Waals surface area contributed by atoms with E-state index < -0.39 is 8.07 Å². The molecule has 0 saturated heterocycles. The summed E-state index contributed by atoms with van der Waals surface area (Å²) < 4.78 is 0. The van der Waals surface area contributed by atoms with E-state index in [-0.39, 0.29) is 37.9 Å². The zero-order valence-corrected chi connectivity index (χ0v) is 63.8.